The molecule has 0 fully saturated rings. The van der Waals surface area contributed by atoms with Gasteiger partial charge in [0, 0.05) is 23.3 Å². The SMILES string of the molecule is O=C1C[C@@H](c2ccccc2OCc2ccccc2)c2ccc3ccccc3c2N1. The lowest BCUT2D eigenvalue weighted by atomic mass is 9.83. The normalized spacial score (nSPS) is 15.6. The summed E-state index contributed by atoms with van der Waals surface area (Å²) in [5.41, 5.74) is 4.23. The molecule has 0 aliphatic carbocycles. The van der Waals surface area contributed by atoms with Gasteiger partial charge in [0.1, 0.15) is 12.4 Å². The monoisotopic (exact) mass is 379 g/mol. The number of anilines is 1. The first kappa shape index (κ1) is 17.5. The molecule has 0 aromatic heterocycles. The maximum Gasteiger partial charge on any atom is 0.225 e. The van der Waals surface area contributed by atoms with E-state index in [1.807, 2.05) is 48.5 Å². The number of carbonyl (C=O) groups excluding carboxylic acids is 1. The van der Waals surface area contributed by atoms with Crippen LogP contribution >= 0.6 is 0 Å². The van der Waals surface area contributed by atoms with Gasteiger partial charge in [0.2, 0.25) is 5.91 Å². The molecule has 0 bridgehead atoms. The van der Waals surface area contributed by atoms with Gasteiger partial charge >= 0.3 is 0 Å². The Morgan fingerprint density at radius 2 is 1.55 bits per heavy atom. The van der Waals surface area contributed by atoms with Crippen molar-refractivity contribution < 1.29 is 9.53 Å². The van der Waals surface area contributed by atoms with Crippen LogP contribution in [0.3, 0.4) is 0 Å². The summed E-state index contributed by atoms with van der Waals surface area (Å²) in [6.07, 6.45) is 0.414. The molecule has 1 heterocycles. The fourth-order valence-corrected chi connectivity index (χ4v) is 4.12. The zero-order chi connectivity index (χ0) is 19.6. The highest BCUT2D eigenvalue weighted by molar-refractivity contribution is 6.06. The summed E-state index contributed by atoms with van der Waals surface area (Å²) in [7, 11) is 0. The molecule has 4 aromatic rings. The Labute approximate surface area is 170 Å². The van der Waals surface area contributed by atoms with Crippen molar-refractivity contribution in [3.63, 3.8) is 0 Å². The van der Waals surface area contributed by atoms with Gasteiger partial charge in [-0.15, -0.1) is 0 Å². The van der Waals surface area contributed by atoms with Gasteiger partial charge in [-0.05, 0) is 22.6 Å². The van der Waals surface area contributed by atoms with Crippen LogP contribution in [0.15, 0.2) is 91.0 Å². The van der Waals surface area contributed by atoms with Crippen LogP contribution in [-0.4, -0.2) is 5.91 Å². The molecule has 142 valence electrons. The number of carbonyl (C=O) groups is 1. The average Bonchev–Trinajstić information content (AvgIpc) is 2.78. The topological polar surface area (TPSA) is 38.3 Å². The molecule has 4 aromatic carbocycles. The van der Waals surface area contributed by atoms with E-state index in [1.54, 1.807) is 0 Å². The van der Waals surface area contributed by atoms with E-state index >= 15 is 0 Å². The van der Waals surface area contributed by atoms with Crippen LogP contribution in [-0.2, 0) is 11.4 Å². The minimum atomic E-state index is -0.0321. The van der Waals surface area contributed by atoms with E-state index in [4.69, 9.17) is 4.74 Å². The molecule has 3 heteroatoms. The van der Waals surface area contributed by atoms with Crippen molar-refractivity contribution in [3.05, 3.63) is 108 Å². The zero-order valence-corrected chi connectivity index (χ0v) is 16.0. The van der Waals surface area contributed by atoms with Gasteiger partial charge in [0.05, 0.1) is 5.69 Å². The minimum Gasteiger partial charge on any atom is -0.489 e. The predicted octanol–water partition coefficient (Wildman–Crippen LogP) is 5.89. The van der Waals surface area contributed by atoms with Crippen molar-refractivity contribution in [3.8, 4) is 5.75 Å². The van der Waals surface area contributed by atoms with Crippen molar-refractivity contribution in [2.45, 2.75) is 18.9 Å². The number of ether oxygens (including phenoxy) is 1. The Balaban J connectivity index is 1.55. The lowest BCUT2D eigenvalue weighted by molar-refractivity contribution is -0.116. The zero-order valence-electron chi connectivity index (χ0n) is 16.0. The van der Waals surface area contributed by atoms with Crippen LogP contribution in [0.1, 0.15) is 29.0 Å². The fraction of sp³-hybridized carbons (Fsp3) is 0.115. The second-order valence-electron chi connectivity index (χ2n) is 7.37. The first-order chi connectivity index (χ1) is 14.3. The molecule has 1 atom stereocenters. The molecule has 0 saturated carbocycles. The standard InChI is InChI=1S/C26H21NO2/c28-25-16-23(22-15-14-19-10-4-5-11-20(19)26(22)27-25)21-12-6-7-13-24(21)29-17-18-8-2-1-3-9-18/h1-15,23H,16-17H2,(H,27,28)/t23-/m0/s1. The van der Waals surface area contributed by atoms with Gasteiger partial charge < -0.3 is 10.1 Å². The second-order valence-corrected chi connectivity index (χ2v) is 7.37. The van der Waals surface area contributed by atoms with Crippen molar-refractivity contribution in [2.24, 2.45) is 0 Å². The minimum absolute atomic E-state index is 0.0321. The molecule has 29 heavy (non-hydrogen) atoms. The van der Waals surface area contributed by atoms with E-state index in [0.717, 1.165) is 38.9 Å². The molecule has 1 amide bonds. The molecular formula is C26H21NO2. The van der Waals surface area contributed by atoms with E-state index < -0.39 is 0 Å². The Kier molecular flexibility index (Phi) is 4.49. The number of benzene rings is 4. The van der Waals surface area contributed by atoms with E-state index in [0.29, 0.717) is 13.0 Å². The number of amides is 1. The van der Waals surface area contributed by atoms with E-state index in [-0.39, 0.29) is 11.8 Å². The highest BCUT2D eigenvalue weighted by Gasteiger charge is 2.29. The lowest BCUT2D eigenvalue weighted by Crippen LogP contribution is -2.24. The number of hydrogen-bond acceptors (Lipinski definition) is 2. The van der Waals surface area contributed by atoms with Gasteiger partial charge in [-0.1, -0.05) is 84.9 Å². The Bertz CT molecular complexity index is 1180. The van der Waals surface area contributed by atoms with Gasteiger partial charge in [-0.25, -0.2) is 0 Å². The van der Waals surface area contributed by atoms with Crippen molar-refractivity contribution in [1.29, 1.82) is 0 Å². The maximum absolute atomic E-state index is 12.6. The average molecular weight is 379 g/mol. The molecule has 1 N–H and O–H groups in total. The highest BCUT2D eigenvalue weighted by atomic mass is 16.5. The number of rotatable bonds is 4. The molecule has 0 unspecified atom stereocenters. The largest absolute Gasteiger partial charge is 0.489 e. The molecule has 0 spiro atoms. The summed E-state index contributed by atoms with van der Waals surface area (Å²) in [6.45, 7) is 0.501. The third kappa shape index (κ3) is 3.36. The number of nitrogens with one attached hydrogen (secondary N) is 1. The fourth-order valence-electron chi connectivity index (χ4n) is 4.12. The van der Waals surface area contributed by atoms with Crippen LogP contribution in [0, 0.1) is 0 Å². The Morgan fingerprint density at radius 1 is 0.793 bits per heavy atom. The smallest absolute Gasteiger partial charge is 0.225 e. The molecule has 5 rings (SSSR count). The van der Waals surface area contributed by atoms with Crippen molar-refractivity contribution >= 4 is 22.4 Å². The van der Waals surface area contributed by atoms with Gasteiger partial charge in [-0.3, -0.25) is 4.79 Å². The first-order valence-corrected chi connectivity index (χ1v) is 9.87. The van der Waals surface area contributed by atoms with Gasteiger partial charge in [-0.2, -0.15) is 0 Å². The summed E-state index contributed by atoms with van der Waals surface area (Å²) in [5, 5.41) is 5.30. The van der Waals surface area contributed by atoms with E-state index in [9.17, 15) is 4.79 Å². The van der Waals surface area contributed by atoms with Gasteiger partial charge in [0.25, 0.3) is 0 Å². The van der Waals surface area contributed by atoms with Crippen molar-refractivity contribution in [2.75, 3.05) is 5.32 Å². The summed E-state index contributed by atoms with van der Waals surface area (Å²) >= 11 is 0. The molecule has 1 aliphatic rings. The molecule has 0 saturated heterocycles. The number of fused-ring (bicyclic) bond motifs is 3. The Hall–Kier alpha value is -3.59. The van der Waals surface area contributed by atoms with E-state index in [1.165, 1.54) is 0 Å². The maximum atomic E-state index is 12.6. The van der Waals surface area contributed by atoms with Crippen LogP contribution in [0.2, 0.25) is 0 Å². The number of hydrogen-bond donors (Lipinski definition) is 1. The molecule has 3 nitrogen and oxygen atoms in total. The quantitative estimate of drug-likeness (QED) is 0.480. The second kappa shape index (κ2) is 7.44. The predicted molar refractivity (Wildman–Crippen MR) is 116 cm³/mol. The molecule has 1 aliphatic heterocycles. The van der Waals surface area contributed by atoms with Crippen LogP contribution in [0.25, 0.3) is 10.8 Å². The highest BCUT2D eigenvalue weighted by Crippen LogP contribution is 2.43. The van der Waals surface area contributed by atoms with Gasteiger partial charge in [0.15, 0.2) is 0 Å². The summed E-state index contributed by atoms with van der Waals surface area (Å²) in [6, 6.07) is 30.6. The first-order valence-electron chi connectivity index (χ1n) is 9.87. The third-order valence-corrected chi connectivity index (χ3v) is 5.52. The lowest BCUT2D eigenvalue weighted by Gasteiger charge is -2.28. The Morgan fingerprint density at radius 3 is 2.45 bits per heavy atom. The molecule has 0 radical (unpaired) electrons. The summed E-state index contributed by atoms with van der Waals surface area (Å²) in [5.74, 6) is 0.835. The van der Waals surface area contributed by atoms with Crippen molar-refractivity contribution in [1.82, 2.24) is 0 Å². The molecular weight excluding hydrogens is 358 g/mol. The van der Waals surface area contributed by atoms with Crippen LogP contribution < -0.4 is 10.1 Å². The number of para-hydroxylation sites is 1. The summed E-state index contributed by atoms with van der Waals surface area (Å²) in [4.78, 5) is 12.6. The van der Waals surface area contributed by atoms with E-state index in [2.05, 4.69) is 47.8 Å². The van der Waals surface area contributed by atoms with Crippen LogP contribution in [0.5, 0.6) is 5.75 Å². The summed E-state index contributed by atoms with van der Waals surface area (Å²) < 4.78 is 6.18. The third-order valence-electron chi connectivity index (χ3n) is 5.52. The van der Waals surface area contributed by atoms with Crippen LogP contribution in [0.4, 0.5) is 5.69 Å².